The predicted molar refractivity (Wildman–Crippen MR) is 69.0 cm³/mol. The van der Waals surface area contributed by atoms with Crippen molar-refractivity contribution in [2.45, 2.75) is 54.4 Å². The third-order valence-corrected chi connectivity index (χ3v) is 5.32. The van der Waals surface area contributed by atoms with Crippen LogP contribution < -0.4 is 0 Å². The van der Waals surface area contributed by atoms with Gasteiger partial charge < -0.3 is 0 Å². The van der Waals surface area contributed by atoms with E-state index in [-0.39, 0.29) is 10.8 Å². The zero-order chi connectivity index (χ0) is 12.8. The van der Waals surface area contributed by atoms with Gasteiger partial charge in [-0.05, 0) is 29.2 Å². The van der Waals surface area contributed by atoms with Gasteiger partial charge in [0.25, 0.3) is 0 Å². The molecule has 0 fully saturated rings. The molecule has 1 aliphatic rings. The van der Waals surface area contributed by atoms with Crippen LogP contribution in [0.5, 0.6) is 0 Å². The molecule has 0 amide bonds. The molecule has 0 N–H and O–H groups in total. The van der Waals surface area contributed by atoms with E-state index < -0.39 is 9.84 Å². The molecule has 16 heavy (non-hydrogen) atoms. The van der Waals surface area contributed by atoms with Crippen LogP contribution in [0.3, 0.4) is 0 Å². The molecular formula is C13H24O2S. The Balaban J connectivity index is 3.52. The van der Waals surface area contributed by atoms with Crippen molar-refractivity contribution in [2.75, 3.05) is 5.75 Å². The first-order chi connectivity index (χ1) is 6.96. The third-order valence-electron chi connectivity index (χ3n) is 3.01. The molecule has 0 saturated heterocycles. The molecule has 1 aliphatic heterocycles. The molecule has 2 nitrogen and oxygen atoms in total. The van der Waals surface area contributed by atoms with Crippen LogP contribution in [-0.4, -0.2) is 14.2 Å². The Morgan fingerprint density at radius 1 is 0.938 bits per heavy atom. The summed E-state index contributed by atoms with van der Waals surface area (Å²) in [5.74, 6) is 0.319. The van der Waals surface area contributed by atoms with Crippen molar-refractivity contribution in [1.29, 1.82) is 0 Å². The highest BCUT2D eigenvalue weighted by atomic mass is 32.2. The molecule has 1 rings (SSSR count). The first-order valence-corrected chi connectivity index (χ1v) is 7.58. The SMILES string of the molecule is CC(C)(C)C1=C(C(C)(C)C)S(=O)(=O)CCC1. The Bertz CT molecular complexity index is 400. The van der Waals surface area contributed by atoms with E-state index in [1.54, 1.807) is 0 Å². The maximum Gasteiger partial charge on any atom is 0.175 e. The molecule has 94 valence electrons. The quantitative estimate of drug-likeness (QED) is 0.653. The Labute approximate surface area is 100 Å². The second-order valence-electron chi connectivity index (χ2n) is 6.73. The second-order valence-corrected chi connectivity index (χ2v) is 8.78. The number of allylic oxidation sites excluding steroid dienone is 2. The molecule has 3 heteroatoms. The number of sulfone groups is 1. The molecule has 0 bridgehead atoms. The molecule has 0 aromatic rings. The molecular weight excluding hydrogens is 220 g/mol. The van der Waals surface area contributed by atoms with E-state index in [1.807, 2.05) is 20.8 Å². The minimum absolute atomic E-state index is 0.0455. The largest absolute Gasteiger partial charge is 0.224 e. The highest BCUT2D eigenvalue weighted by Crippen LogP contribution is 2.44. The molecule has 0 atom stereocenters. The monoisotopic (exact) mass is 244 g/mol. The maximum absolute atomic E-state index is 12.2. The van der Waals surface area contributed by atoms with Crippen LogP contribution in [0.4, 0.5) is 0 Å². The zero-order valence-electron chi connectivity index (χ0n) is 11.3. The first kappa shape index (κ1) is 13.8. The topological polar surface area (TPSA) is 34.1 Å². The van der Waals surface area contributed by atoms with Crippen LogP contribution >= 0.6 is 0 Å². The molecule has 1 heterocycles. The lowest BCUT2D eigenvalue weighted by atomic mass is 9.79. The number of rotatable bonds is 0. The van der Waals surface area contributed by atoms with E-state index in [2.05, 4.69) is 20.8 Å². The van der Waals surface area contributed by atoms with Gasteiger partial charge in [0.15, 0.2) is 9.84 Å². The van der Waals surface area contributed by atoms with Crippen molar-refractivity contribution in [3.05, 3.63) is 10.5 Å². The standard InChI is InChI=1S/C13H24O2S/c1-12(2,3)10-8-7-9-16(14,15)11(10)13(4,5)6/h7-9H2,1-6H3. The van der Waals surface area contributed by atoms with Crippen molar-refractivity contribution in [3.8, 4) is 0 Å². The molecule has 0 radical (unpaired) electrons. The maximum atomic E-state index is 12.2. The van der Waals surface area contributed by atoms with Gasteiger partial charge in [-0.1, -0.05) is 41.5 Å². The van der Waals surface area contributed by atoms with E-state index in [0.29, 0.717) is 10.7 Å². The van der Waals surface area contributed by atoms with E-state index in [0.717, 1.165) is 18.4 Å². The molecule has 0 aromatic heterocycles. The lowest BCUT2D eigenvalue weighted by Crippen LogP contribution is -2.30. The summed E-state index contributed by atoms with van der Waals surface area (Å²) in [6.07, 6.45) is 1.70. The summed E-state index contributed by atoms with van der Waals surface area (Å²) in [6.45, 7) is 12.3. The van der Waals surface area contributed by atoms with Crippen molar-refractivity contribution in [2.24, 2.45) is 10.8 Å². The van der Waals surface area contributed by atoms with Crippen LogP contribution in [0.15, 0.2) is 10.5 Å². The smallest absolute Gasteiger partial charge is 0.175 e. The van der Waals surface area contributed by atoms with E-state index >= 15 is 0 Å². The van der Waals surface area contributed by atoms with Crippen LogP contribution in [0, 0.1) is 10.8 Å². The minimum atomic E-state index is -3.03. The summed E-state index contributed by atoms with van der Waals surface area (Å²) in [7, 11) is -3.03. The zero-order valence-corrected chi connectivity index (χ0v) is 12.2. The van der Waals surface area contributed by atoms with Gasteiger partial charge in [-0.25, -0.2) is 8.42 Å². The minimum Gasteiger partial charge on any atom is -0.224 e. The highest BCUT2D eigenvalue weighted by Gasteiger charge is 2.38. The van der Waals surface area contributed by atoms with Crippen molar-refractivity contribution >= 4 is 9.84 Å². The molecule has 0 unspecified atom stereocenters. The van der Waals surface area contributed by atoms with Crippen molar-refractivity contribution in [1.82, 2.24) is 0 Å². The normalized spacial score (nSPS) is 22.4. The fraction of sp³-hybridized carbons (Fsp3) is 0.846. The van der Waals surface area contributed by atoms with Gasteiger partial charge in [-0.2, -0.15) is 0 Å². The average molecular weight is 244 g/mol. The fourth-order valence-electron chi connectivity index (χ4n) is 2.48. The van der Waals surface area contributed by atoms with E-state index in [4.69, 9.17) is 0 Å². The van der Waals surface area contributed by atoms with Gasteiger partial charge in [-0.15, -0.1) is 0 Å². The van der Waals surface area contributed by atoms with Gasteiger partial charge in [0, 0.05) is 4.91 Å². The molecule has 0 aromatic carbocycles. The summed E-state index contributed by atoms with van der Waals surface area (Å²) in [5, 5.41) is 0. The number of hydrogen-bond donors (Lipinski definition) is 0. The molecule has 0 aliphatic carbocycles. The predicted octanol–water partition coefficient (Wildman–Crippen LogP) is 3.54. The Morgan fingerprint density at radius 3 is 1.75 bits per heavy atom. The Morgan fingerprint density at radius 2 is 1.44 bits per heavy atom. The van der Waals surface area contributed by atoms with Gasteiger partial charge in [0.2, 0.25) is 0 Å². The molecule has 0 saturated carbocycles. The Hall–Kier alpha value is -0.310. The van der Waals surface area contributed by atoms with E-state index in [1.165, 1.54) is 0 Å². The highest BCUT2D eigenvalue weighted by molar-refractivity contribution is 7.95. The summed E-state index contributed by atoms with van der Waals surface area (Å²) in [5.41, 5.74) is 0.809. The van der Waals surface area contributed by atoms with Crippen LogP contribution in [0.1, 0.15) is 54.4 Å². The fourth-order valence-corrected chi connectivity index (χ4v) is 4.92. The summed E-state index contributed by atoms with van der Waals surface area (Å²) < 4.78 is 24.5. The summed E-state index contributed by atoms with van der Waals surface area (Å²) >= 11 is 0. The van der Waals surface area contributed by atoms with Crippen molar-refractivity contribution in [3.63, 3.8) is 0 Å². The lowest BCUT2D eigenvalue weighted by Gasteiger charge is -2.35. The number of hydrogen-bond acceptors (Lipinski definition) is 2. The van der Waals surface area contributed by atoms with Crippen LogP contribution in [0.25, 0.3) is 0 Å². The first-order valence-electron chi connectivity index (χ1n) is 5.93. The van der Waals surface area contributed by atoms with Gasteiger partial charge >= 0.3 is 0 Å². The van der Waals surface area contributed by atoms with Crippen LogP contribution in [-0.2, 0) is 9.84 Å². The summed E-state index contributed by atoms with van der Waals surface area (Å²) in [4.78, 5) is 0.693. The van der Waals surface area contributed by atoms with Crippen LogP contribution in [0.2, 0.25) is 0 Å². The van der Waals surface area contributed by atoms with Gasteiger partial charge in [0.05, 0.1) is 5.75 Å². The Kier molecular flexibility index (Phi) is 3.32. The third kappa shape index (κ3) is 2.68. The van der Waals surface area contributed by atoms with Crippen molar-refractivity contribution < 1.29 is 8.42 Å². The van der Waals surface area contributed by atoms with Gasteiger partial charge in [0.1, 0.15) is 0 Å². The lowest BCUT2D eigenvalue weighted by molar-refractivity contribution is 0.432. The second kappa shape index (κ2) is 3.86. The molecule has 0 spiro atoms. The van der Waals surface area contributed by atoms with Gasteiger partial charge in [-0.3, -0.25) is 0 Å². The summed E-state index contributed by atoms with van der Waals surface area (Å²) in [6, 6.07) is 0. The van der Waals surface area contributed by atoms with E-state index in [9.17, 15) is 8.42 Å². The average Bonchev–Trinajstić information content (AvgIpc) is 1.97.